The van der Waals surface area contributed by atoms with Gasteiger partial charge in [0.25, 0.3) is 5.91 Å². The topological polar surface area (TPSA) is 58.6 Å². The van der Waals surface area contributed by atoms with Crippen molar-refractivity contribution in [3.05, 3.63) is 70.8 Å². The summed E-state index contributed by atoms with van der Waals surface area (Å²) in [6.45, 7) is 6.70. The van der Waals surface area contributed by atoms with Crippen LogP contribution in [0.5, 0.6) is 0 Å². The van der Waals surface area contributed by atoms with Crippen molar-refractivity contribution < 1.29 is 14.3 Å². The highest BCUT2D eigenvalue weighted by Crippen LogP contribution is 2.12. The fraction of sp³-hybridized carbons (Fsp3) is 0.391. The standard InChI is InChI=1S/C23H30N2O3/c1-16(2)21(24-22(26)20-9-7-6-8-17(20)3)23(27)28-15-19-12-10-18(11-13-19)14-25(4)5/h6-13,16,21H,14-15H2,1-5H3,(H,24,26)/t21-/m0/s1. The van der Waals surface area contributed by atoms with E-state index in [1.54, 1.807) is 6.07 Å². The fourth-order valence-electron chi connectivity index (χ4n) is 2.89. The number of benzene rings is 2. The van der Waals surface area contributed by atoms with E-state index in [2.05, 4.69) is 10.2 Å². The normalized spacial score (nSPS) is 12.1. The van der Waals surface area contributed by atoms with E-state index in [0.717, 1.165) is 17.7 Å². The van der Waals surface area contributed by atoms with Gasteiger partial charge in [0.05, 0.1) is 0 Å². The zero-order valence-corrected chi connectivity index (χ0v) is 17.4. The number of rotatable bonds is 8. The van der Waals surface area contributed by atoms with Crippen molar-refractivity contribution >= 4 is 11.9 Å². The third-order valence-electron chi connectivity index (χ3n) is 4.50. The lowest BCUT2D eigenvalue weighted by atomic mass is 10.0. The van der Waals surface area contributed by atoms with Crippen LogP contribution in [0, 0.1) is 12.8 Å². The maximum absolute atomic E-state index is 12.6. The summed E-state index contributed by atoms with van der Waals surface area (Å²) in [5.41, 5.74) is 3.56. The SMILES string of the molecule is Cc1ccccc1C(=O)N[C@H](C(=O)OCc1ccc(CN(C)C)cc1)C(C)C. The zero-order valence-electron chi connectivity index (χ0n) is 17.4. The molecule has 150 valence electrons. The first kappa shape index (κ1) is 21.6. The van der Waals surface area contributed by atoms with Crippen LogP contribution in [0.2, 0.25) is 0 Å². The molecule has 2 rings (SSSR count). The molecule has 0 spiro atoms. The fourth-order valence-corrected chi connectivity index (χ4v) is 2.89. The van der Waals surface area contributed by atoms with Crippen LogP contribution >= 0.6 is 0 Å². The van der Waals surface area contributed by atoms with Gasteiger partial charge in [0.15, 0.2) is 0 Å². The minimum absolute atomic E-state index is 0.0806. The second-order valence-electron chi connectivity index (χ2n) is 7.67. The first-order valence-electron chi connectivity index (χ1n) is 9.53. The average Bonchev–Trinajstić information content (AvgIpc) is 2.64. The van der Waals surface area contributed by atoms with Gasteiger partial charge in [-0.25, -0.2) is 4.79 Å². The lowest BCUT2D eigenvalue weighted by Gasteiger charge is -2.21. The minimum Gasteiger partial charge on any atom is -0.459 e. The number of hydrogen-bond donors (Lipinski definition) is 1. The molecule has 5 heteroatoms. The van der Waals surface area contributed by atoms with Crippen molar-refractivity contribution in [1.29, 1.82) is 0 Å². The van der Waals surface area contributed by atoms with Crippen molar-refractivity contribution in [2.24, 2.45) is 5.92 Å². The second kappa shape index (κ2) is 10.0. The van der Waals surface area contributed by atoms with Gasteiger partial charge in [-0.3, -0.25) is 4.79 Å². The molecule has 0 aromatic heterocycles. The summed E-state index contributed by atoms with van der Waals surface area (Å²) in [6.07, 6.45) is 0. The summed E-state index contributed by atoms with van der Waals surface area (Å²) >= 11 is 0. The third-order valence-corrected chi connectivity index (χ3v) is 4.50. The Morgan fingerprint density at radius 3 is 2.18 bits per heavy atom. The molecular weight excluding hydrogens is 352 g/mol. The molecule has 0 saturated carbocycles. The molecule has 0 heterocycles. The molecule has 0 aliphatic rings. The zero-order chi connectivity index (χ0) is 20.7. The van der Waals surface area contributed by atoms with E-state index in [0.29, 0.717) is 5.56 Å². The first-order valence-corrected chi connectivity index (χ1v) is 9.53. The average molecular weight is 383 g/mol. The largest absolute Gasteiger partial charge is 0.459 e. The predicted octanol–water partition coefficient (Wildman–Crippen LogP) is 3.55. The number of nitrogens with one attached hydrogen (secondary N) is 1. The van der Waals surface area contributed by atoms with E-state index in [4.69, 9.17) is 4.74 Å². The van der Waals surface area contributed by atoms with Gasteiger partial charge in [-0.2, -0.15) is 0 Å². The lowest BCUT2D eigenvalue weighted by Crippen LogP contribution is -2.45. The summed E-state index contributed by atoms with van der Waals surface area (Å²) in [7, 11) is 4.04. The molecule has 0 unspecified atom stereocenters. The summed E-state index contributed by atoms with van der Waals surface area (Å²) in [6, 6.07) is 14.6. The van der Waals surface area contributed by atoms with Crippen LogP contribution in [0.25, 0.3) is 0 Å². The van der Waals surface area contributed by atoms with E-state index in [1.165, 1.54) is 5.56 Å². The van der Waals surface area contributed by atoms with Gasteiger partial charge in [-0.15, -0.1) is 0 Å². The Kier molecular flexibility index (Phi) is 7.76. The van der Waals surface area contributed by atoms with Crippen LogP contribution in [0.1, 0.15) is 40.9 Å². The molecule has 0 saturated heterocycles. The van der Waals surface area contributed by atoms with Gasteiger partial charge in [0.2, 0.25) is 0 Å². The maximum Gasteiger partial charge on any atom is 0.329 e. The van der Waals surface area contributed by atoms with Gasteiger partial charge in [-0.05, 0) is 49.7 Å². The number of amides is 1. The minimum atomic E-state index is -0.694. The Hall–Kier alpha value is -2.66. The Morgan fingerprint density at radius 2 is 1.61 bits per heavy atom. The summed E-state index contributed by atoms with van der Waals surface area (Å²) in [4.78, 5) is 27.2. The van der Waals surface area contributed by atoms with Gasteiger partial charge >= 0.3 is 5.97 Å². The molecule has 1 amide bonds. The molecular formula is C23H30N2O3. The van der Waals surface area contributed by atoms with Gasteiger partial charge in [-0.1, -0.05) is 56.3 Å². The third kappa shape index (κ3) is 6.20. The number of nitrogens with zero attached hydrogens (tertiary/aromatic N) is 1. The molecule has 0 bridgehead atoms. The van der Waals surface area contributed by atoms with Crippen molar-refractivity contribution in [2.75, 3.05) is 14.1 Å². The molecule has 1 atom stereocenters. The van der Waals surface area contributed by atoms with Crippen molar-refractivity contribution in [2.45, 2.75) is 40.0 Å². The van der Waals surface area contributed by atoms with Crippen molar-refractivity contribution in [3.8, 4) is 0 Å². The lowest BCUT2D eigenvalue weighted by molar-refractivity contribution is -0.148. The van der Waals surface area contributed by atoms with E-state index in [9.17, 15) is 9.59 Å². The van der Waals surface area contributed by atoms with Crippen LogP contribution < -0.4 is 5.32 Å². The van der Waals surface area contributed by atoms with Crippen LogP contribution in [-0.2, 0) is 22.7 Å². The molecule has 5 nitrogen and oxygen atoms in total. The highest BCUT2D eigenvalue weighted by Gasteiger charge is 2.26. The van der Waals surface area contributed by atoms with Crippen molar-refractivity contribution in [3.63, 3.8) is 0 Å². The monoisotopic (exact) mass is 382 g/mol. The number of esters is 1. The van der Waals surface area contributed by atoms with Crippen LogP contribution in [0.4, 0.5) is 0 Å². The van der Waals surface area contributed by atoms with E-state index in [-0.39, 0.29) is 18.4 Å². The molecule has 0 radical (unpaired) electrons. The Morgan fingerprint density at radius 1 is 1.00 bits per heavy atom. The quantitative estimate of drug-likeness (QED) is 0.710. The van der Waals surface area contributed by atoms with Gasteiger partial charge in [0.1, 0.15) is 12.6 Å². The van der Waals surface area contributed by atoms with Crippen LogP contribution in [0.15, 0.2) is 48.5 Å². The van der Waals surface area contributed by atoms with Crippen LogP contribution in [-0.4, -0.2) is 36.9 Å². The number of aryl methyl sites for hydroxylation is 1. The van der Waals surface area contributed by atoms with E-state index in [1.807, 2.05) is 77.3 Å². The second-order valence-corrected chi connectivity index (χ2v) is 7.67. The number of carbonyl (C=O) groups is 2. The number of hydrogen-bond acceptors (Lipinski definition) is 4. The van der Waals surface area contributed by atoms with E-state index < -0.39 is 12.0 Å². The summed E-state index contributed by atoms with van der Waals surface area (Å²) in [5, 5.41) is 2.82. The van der Waals surface area contributed by atoms with Gasteiger partial charge in [0, 0.05) is 12.1 Å². The molecule has 0 fully saturated rings. The van der Waals surface area contributed by atoms with Gasteiger partial charge < -0.3 is 15.0 Å². The summed E-state index contributed by atoms with van der Waals surface area (Å²) in [5.74, 6) is -0.765. The Bertz CT molecular complexity index is 798. The predicted molar refractivity (Wildman–Crippen MR) is 111 cm³/mol. The summed E-state index contributed by atoms with van der Waals surface area (Å²) < 4.78 is 5.48. The molecule has 2 aromatic rings. The smallest absolute Gasteiger partial charge is 0.329 e. The molecule has 2 aromatic carbocycles. The molecule has 1 N–H and O–H groups in total. The molecule has 28 heavy (non-hydrogen) atoms. The van der Waals surface area contributed by atoms with Crippen molar-refractivity contribution in [1.82, 2.24) is 10.2 Å². The maximum atomic E-state index is 12.6. The number of carbonyl (C=O) groups excluding carboxylic acids is 2. The van der Waals surface area contributed by atoms with E-state index >= 15 is 0 Å². The first-order chi connectivity index (χ1) is 13.3. The number of ether oxygens (including phenoxy) is 1. The molecule has 0 aliphatic carbocycles. The Balaban J connectivity index is 1.97. The highest BCUT2D eigenvalue weighted by molar-refractivity contribution is 5.98. The highest BCUT2D eigenvalue weighted by atomic mass is 16.5. The molecule has 0 aliphatic heterocycles. The van der Waals surface area contributed by atoms with Crippen LogP contribution in [0.3, 0.4) is 0 Å². The Labute approximate surface area is 167 Å².